The number of phenolic OH excluding ortho intramolecular Hbond substituents is 4. The first-order valence-corrected chi connectivity index (χ1v) is 6.92. The van der Waals surface area contributed by atoms with Gasteiger partial charge in [-0.2, -0.15) is 0 Å². The Morgan fingerprint density at radius 2 is 1.73 bits per heavy atom. The number of nitrogens with two attached hydrogens (primary N) is 1. The molecular weight excluding hydrogens is 286 g/mol. The molecule has 116 valence electrons. The number of fused-ring (bicyclic) bond motifs is 1. The fraction of sp³-hybridized carbons (Fsp3) is 0.250. The van der Waals surface area contributed by atoms with Crippen LogP contribution in [0.2, 0.25) is 0 Å². The first-order valence-electron chi connectivity index (χ1n) is 6.92. The summed E-state index contributed by atoms with van der Waals surface area (Å²) in [6.45, 7) is 0.220. The van der Waals surface area contributed by atoms with E-state index in [0.717, 1.165) is 5.56 Å². The molecule has 0 aliphatic carbocycles. The zero-order valence-corrected chi connectivity index (χ0v) is 11.7. The Kier molecular flexibility index (Phi) is 3.56. The molecule has 0 fully saturated rings. The topological polar surface area (TPSA) is 116 Å². The zero-order chi connectivity index (χ0) is 15.9. The maximum atomic E-state index is 10.1. The largest absolute Gasteiger partial charge is 0.504 e. The van der Waals surface area contributed by atoms with Crippen LogP contribution in [-0.2, 0) is 11.2 Å². The van der Waals surface area contributed by atoms with Crippen LogP contribution in [0.3, 0.4) is 0 Å². The van der Waals surface area contributed by atoms with E-state index < -0.39 is 12.2 Å². The standard InChI is InChI=1S/C16H17NO5/c17-7-15-9-2-4-12(19)16(21)10(9)6-14(22-15)8-1-3-11(18)13(20)5-8/h1-5,14-15,18-21H,6-7,17H2/t14-,15-/m0/s1. The highest BCUT2D eigenvalue weighted by atomic mass is 16.5. The highest BCUT2D eigenvalue weighted by Gasteiger charge is 2.31. The van der Waals surface area contributed by atoms with Crippen LogP contribution in [0.5, 0.6) is 23.0 Å². The molecule has 0 saturated carbocycles. The van der Waals surface area contributed by atoms with E-state index in [4.69, 9.17) is 10.5 Å². The molecule has 6 nitrogen and oxygen atoms in total. The molecule has 0 unspecified atom stereocenters. The van der Waals surface area contributed by atoms with Crippen molar-refractivity contribution >= 4 is 0 Å². The molecule has 2 aromatic carbocycles. The number of phenols is 4. The van der Waals surface area contributed by atoms with Crippen molar-refractivity contribution in [1.29, 1.82) is 0 Å². The van der Waals surface area contributed by atoms with Gasteiger partial charge in [0.15, 0.2) is 23.0 Å². The molecule has 2 aromatic rings. The van der Waals surface area contributed by atoms with E-state index in [1.807, 2.05) is 0 Å². The lowest BCUT2D eigenvalue weighted by molar-refractivity contribution is -0.0231. The molecule has 0 amide bonds. The summed E-state index contributed by atoms with van der Waals surface area (Å²) in [6, 6.07) is 7.53. The Morgan fingerprint density at radius 3 is 2.41 bits per heavy atom. The molecule has 0 bridgehead atoms. The van der Waals surface area contributed by atoms with Crippen molar-refractivity contribution < 1.29 is 25.2 Å². The Labute approximate surface area is 127 Å². The monoisotopic (exact) mass is 303 g/mol. The minimum atomic E-state index is -0.444. The first-order chi connectivity index (χ1) is 10.5. The van der Waals surface area contributed by atoms with Gasteiger partial charge in [-0.15, -0.1) is 0 Å². The summed E-state index contributed by atoms with van der Waals surface area (Å²) in [7, 11) is 0. The van der Waals surface area contributed by atoms with Crippen molar-refractivity contribution in [3.05, 3.63) is 47.0 Å². The Morgan fingerprint density at radius 1 is 1.00 bits per heavy atom. The van der Waals surface area contributed by atoms with E-state index in [0.29, 0.717) is 17.5 Å². The molecular formula is C16H17NO5. The normalized spacial score (nSPS) is 20.6. The minimum Gasteiger partial charge on any atom is -0.504 e. The van der Waals surface area contributed by atoms with Gasteiger partial charge in [0.1, 0.15) is 0 Å². The molecule has 0 radical (unpaired) electrons. The van der Waals surface area contributed by atoms with Crippen LogP contribution in [0.15, 0.2) is 30.3 Å². The maximum absolute atomic E-state index is 10.1. The molecule has 1 heterocycles. The predicted molar refractivity (Wildman–Crippen MR) is 78.9 cm³/mol. The molecule has 22 heavy (non-hydrogen) atoms. The second kappa shape index (κ2) is 5.40. The van der Waals surface area contributed by atoms with Crippen molar-refractivity contribution in [2.45, 2.75) is 18.6 Å². The fourth-order valence-electron chi connectivity index (χ4n) is 2.78. The van der Waals surface area contributed by atoms with E-state index in [1.165, 1.54) is 18.2 Å². The van der Waals surface area contributed by atoms with Gasteiger partial charge in [0.2, 0.25) is 0 Å². The molecule has 0 spiro atoms. The number of aromatic hydroxyl groups is 4. The molecule has 2 atom stereocenters. The van der Waals surface area contributed by atoms with Crippen molar-refractivity contribution in [2.24, 2.45) is 5.73 Å². The minimum absolute atomic E-state index is 0.174. The van der Waals surface area contributed by atoms with Gasteiger partial charge in [-0.1, -0.05) is 12.1 Å². The molecule has 3 rings (SSSR count). The fourth-order valence-corrected chi connectivity index (χ4v) is 2.78. The van der Waals surface area contributed by atoms with Crippen LogP contribution in [0.4, 0.5) is 0 Å². The van der Waals surface area contributed by atoms with Gasteiger partial charge in [-0.25, -0.2) is 0 Å². The SMILES string of the molecule is NC[C@@H]1O[C@H](c2ccc(O)c(O)c2)Cc2c1ccc(O)c2O. The maximum Gasteiger partial charge on any atom is 0.161 e. The molecule has 0 aromatic heterocycles. The summed E-state index contributed by atoms with van der Waals surface area (Å²) >= 11 is 0. The predicted octanol–water partition coefficient (Wildman–Crippen LogP) is 1.82. The molecule has 6 N–H and O–H groups in total. The quantitative estimate of drug-likeness (QED) is 0.540. The number of hydrogen-bond acceptors (Lipinski definition) is 6. The lowest BCUT2D eigenvalue weighted by Crippen LogP contribution is -2.25. The zero-order valence-electron chi connectivity index (χ0n) is 11.7. The Balaban J connectivity index is 2.03. The number of ether oxygens (including phenoxy) is 1. The van der Waals surface area contributed by atoms with E-state index in [1.54, 1.807) is 12.1 Å². The van der Waals surface area contributed by atoms with Crippen LogP contribution in [0.25, 0.3) is 0 Å². The molecule has 1 aliphatic heterocycles. The number of hydrogen-bond donors (Lipinski definition) is 5. The average molecular weight is 303 g/mol. The third-order valence-corrected chi connectivity index (χ3v) is 3.95. The Hall–Kier alpha value is -2.44. The highest BCUT2D eigenvalue weighted by Crippen LogP contribution is 2.44. The third kappa shape index (κ3) is 2.32. The van der Waals surface area contributed by atoms with E-state index in [2.05, 4.69) is 0 Å². The van der Waals surface area contributed by atoms with Crippen molar-refractivity contribution in [3.8, 4) is 23.0 Å². The summed E-state index contributed by atoms with van der Waals surface area (Å²) in [5.41, 5.74) is 7.73. The lowest BCUT2D eigenvalue weighted by atomic mass is 9.90. The van der Waals surface area contributed by atoms with Gasteiger partial charge >= 0.3 is 0 Å². The van der Waals surface area contributed by atoms with Gasteiger partial charge in [-0.3, -0.25) is 0 Å². The first kappa shape index (κ1) is 14.5. The van der Waals surface area contributed by atoms with Crippen LogP contribution in [0, 0.1) is 0 Å². The summed E-state index contributed by atoms with van der Waals surface area (Å²) < 4.78 is 5.93. The number of benzene rings is 2. The van der Waals surface area contributed by atoms with Crippen LogP contribution >= 0.6 is 0 Å². The van der Waals surface area contributed by atoms with Crippen molar-refractivity contribution in [3.63, 3.8) is 0 Å². The second-order valence-electron chi connectivity index (χ2n) is 5.30. The Bertz CT molecular complexity index is 716. The van der Waals surface area contributed by atoms with Crippen molar-refractivity contribution in [1.82, 2.24) is 0 Å². The van der Waals surface area contributed by atoms with Gasteiger partial charge in [0, 0.05) is 18.5 Å². The van der Waals surface area contributed by atoms with Gasteiger partial charge in [0.05, 0.1) is 12.2 Å². The van der Waals surface area contributed by atoms with E-state index >= 15 is 0 Å². The molecule has 0 saturated heterocycles. The van der Waals surface area contributed by atoms with Gasteiger partial charge in [0.25, 0.3) is 0 Å². The van der Waals surface area contributed by atoms with Crippen LogP contribution in [-0.4, -0.2) is 27.0 Å². The number of rotatable bonds is 2. The lowest BCUT2D eigenvalue weighted by Gasteiger charge is -2.32. The highest BCUT2D eigenvalue weighted by molar-refractivity contribution is 5.52. The van der Waals surface area contributed by atoms with E-state index in [-0.39, 0.29) is 29.5 Å². The third-order valence-electron chi connectivity index (χ3n) is 3.95. The van der Waals surface area contributed by atoms with Crippen molar-refractivity contribution in [2.75, 3.05) is 6.54 Å². The van der Waals surface area contributed by atoms with Gasteiger partial charge < -0.3 is 30.9 Å². The van der Waals surface area contributed by atoms with Crippen LogP contribution < -0.4 is 5.73 Å². The smallest absolute Gasteiger partial charge is 0.161 e. The summed E-state index contributed by atoms with van der Waals surface area (Å²) in [5.74, 6) is -0.817. The van der Waals surface area contributed by atoms with Crippen LogP contribution in [0.1, 0.15) is 28.9 Å². The van der Waals surface area contributed by atoms with Gasteiger partial charge in [-0.05, 0) is 29.3 Å². The summed E-state index contributed by atoms with van der Waals surface area (Å²) in [5, 5.41) is 38.8. The molecule has 6 heteroatoms. The summed E-state index contributed by atoms with van der Waals surface area (Å²) in [4.78, 5) is 0. The molecule has 1 aliphatic rings. The average Bonchev–Trinajstić information content (AvgIpc) is 2.52. The van der Waals surface area contributed by atoms with E-state index in [9.17, 15) is 20.4 Å². The second-order valence-corrected chi connectivity index (χ2v) is 5.30. The summed E-state index contributed by atoms with van der Waals surface area (Å²) in [6.07, 6.45) is -0.535.